The molecule has 17 heteroatoms. The highest BCUT2D eigenvalue weighted by molar-refractivity contribution is 7.66. The molecule has 0 atom stereocenters. The lowest BCUT2D eigenvalue weighted by atomic mass is 15.7. The topological polar surface area (TPSA) is 232 Å². The summed E-state index contributed by atoms with van der Waals surface area (Å²) in [5.74, 6) is 0. The van der Waals surface area contributed by atoms with Gasteiger partial charge in [0.1, 0.15) is 0 Å². The molecule has 106 valence electrons. The van der Waals surface area contributed by atoms with Crippen LogP contribution in [0.4, 0.5) is 0 Å². The molecule has 0 aromatic carbocycles. The fourth-order valence-electron chi connectivity index (χ4n) is 0.284. The summed E-state index contributed by atoms with van der Waals surface area (Å²) in [6.45, 7) is 0. The fourth-order valence-corrected chi connectivity index (χ4v) is 2.82. The van der Waals surface area contributed by atoms with E-state index < -0.39 is 32.1 Å². The maximum Gasteiger partial charge on any atom is 0.490 e. The molecule has 0 rings (SSSR count). The molecule has 0 aromatic rings. The van der Waals surface area contributed by atoms with Crippen LogP contribution in [0.3, 0.4) is 0 Å². The quantitative estimate of drug-likeness (QED) is 0.272. The molecule has 0 aromatic heterocycles. The standard InChI is InChI=1S/H5O10P3.H3O3P/c1-11(2,3)9-13(7,8)10-12(4,5)6;1-4(2)3/h(H,7,8)(H2,1,2,3)(H2,4,5,6);1-3H. The van der Waals surface area contributed by atoms with Gasteiger partial charge in [-0.3, -0.25) is 0 Å². The molecule has 0 fully saturated rings. The van der Waals surface area contributed by atoms with Crippen molar-refractivity contribution in [3.05, 3.63) is 0 Å². The molecule has 0 unspecified atom stereocenters. The van der Waals surface area contributed by atoms with Gasteiger partial charge in [0.15, 0.2) is 0 Å². The Labute approximate surface area is 94.4 Å². The van der Waals surface area contributed by atoms with Crippen molar-refractivity contribution in [1.82, 2.24) is 0 Å². The van der Waals surface area contributed by atoms with E-state index in [0.29, 0.717) is 0 Å². The van der Waals surface area contributed by atoms with Crippen molar-refractivity contribution in [2.75, 3.05) is 0 Å². The predicted octanol–water partition coefficient (Wildman–Crippen LogP) is -1.50. The van der Waals surface area contributed by atoms with Crippen molar-refractivity contribution in [2.45, 2.75) is 0 Å². The molecule has 17 heavy (non-hydrogen) atoms. The van der Waals surface area contributed by atoms with Gasteiger partial charge in [0.05, 0.1) is 0 Å². The van der Waals surface area contributed by atoms with Crippen molar-refractivity contribution < 1.29 is 61.5 Å². The first-order valence-electron chi connectivity index (χ1n) is 2.88. The summed E-state index contributed by atoms with van der Waals surface area (Å²) in [4.78, 5) is 61.9. The van der Waals surface area contributed by atoms with Crippen LogP contribution in [-0.4, -0.2) is 39.1 Å². The molecule has 0 bridgehead atoms. The van der Waals surface area contributed by atoms with E-state index in [9.17, 15) is 13.7 Å². The van der Waals surface area contributed by atoms with E-state index in [2.05, 4.69) is 8.62 Å². The molecule has 0 heterocycles. The minimum absolute atomic E-state index is 2.62. The molecule has 0 saturated carbocycles. The van der Waals surface area contributed by atoms with Gasteiger partial charge in [0.2, 0.25) is 0 Å². The van der Waals surface area contributed by atoms with Crippen LogP contribution in [0.15, 0.2) is 0 Å². The number of phosphoric acid groups is 3. The molecular weight excluding hydrogens is 332 g/mol. The maximum absolute atomic E-state index is 10.4. The molecule has 0 aliphatic heterocycles. The van der Waals surface area contributed by atoms with Gasteiger partial charge in [0.25, 0.3) is 0 Å². The summed E-state index contributed by atoms with van der Waals surface area (Å²) >= 11 is 0. The Bertz CT molecular complexity index is 310. The first kappa shape index (κ1) is 20.0. The highest BCUT2D eigenvalue weighted by Gasteiger charge is 2.38. The second kappa shape index (κ2) is 7.34. The molecule has 0 spiro atoms. The van der Waals surface area contributed by atoms with Crippen molar-refractivity contribution in [3.63, 3.8) is 0 Å². The van der Waals surface area contributed by atoms with Crippen LogP contribution in [0.5, 0.6) is 0 Å². The van der Waals surface area contributed by atoms with Crippen molar-refractivity contribution >= 4 is 32.1 Å². The summed E-state index contributed by atoms with van der Waals surface area (Å²) < 4.78 is 36.4. The van der Waals surface area contributed by atoms with Crippen LogP contribution < -0.4 is 0 Å². The second-order valence-corrected chi connectivity index (χ2v) is 6.62. The smallest absolute Gasteiger partial charge is 0.328 e. The highest BCUT2D eigenvalue weighted by Crippen LogP contribution is 2.64. The summed E-state index contributed by atoms with van der Waals surface area (Å²) in [5, 5.41) is 0. The molecule has 13 nitrogen and oxygen atoms in total. The second-order valence-electron chi connectivity index (χ2n) is 1.88. The van der Waals surface area contributed by atoms with Crippen LogP contribution in [0.1, 0.15) is 0 Å². The van der Waals surface area contributed by atoms with E-state index in [1.165, 1.54) is 0 Å². The van der Waals surface area contributed by atoms with E-state index in [-0.39, 0.29) is 0 Å². The Morgan fingerprint density at radius 2 is 0.882 bits per heavy atom. The van der Waals surface area contributed by atoms with Crippen LogP contribution in [0.2, 0.25) is 0 Å². The third kappa shape index (κ3) is 22.4. The van der Waals surface area contributed by atoms with Crippen LogP contribution in [0, 0.1) is 0 Å². The minimum Gasteiger partial charge on any atom is -0.328 e. The summed E-state index contributed by atoms with van der Waals surface area (Å²) in [6.07, 6.45) is 0. The Morgan fingerprint density at radius 3 is 1.00 bits per heavy atom. The molecule has 0 aliphatic carbocycles. The van der Waals surface area contributed by atoms with E-state index >= 15 is 0 Å². The van der Waals surface area contributed by atoms with Crippen LogP contribution in [0.25, 0.3) is 0 Å². The highest BCUT2D eigenvalue weighted by atomic mass is 31.3. The van der Waals surface area contributed by atoms with Crippen LogP contribution in [-0.2, 0) is 22.3 Å². The minimum atomic E-state index is -5.46. The lowest BCUT2D eigenvalue weighted by Crippen LogP contribution is -1.91. The number of rotatable bonds is 4. The normalized spacial score (nSPS) is 13.2. The molecule has 0 radical (unpaired) electrons. The van der Waals surface area contributed by atoms with Gasteiger partial charge < -0.3 is 39.1 Å². The Morgan fingerprint density at radius 1 is 0.706 bits per heavy atom. The molecule has 0 amide bonds. The number of hydrogen-bond donors (Lipinski definition) is 8. The first-order chi connectivity index (χ1) is 7.15. The lowest BCUT2D eigenvalue weighted by Gasteiger charge is -2.11. The van der Waals surface area contributed by atoms with E-state index in [4.69, 9.17) is 39.1 Å². The molecule has 0 saturated heterocycles. The van der Waals surface area contributed by atoms with Gasteiger partial charge >= 0.3 is 32.1 Å². The Kier molecular flexibility index (Phi) is 8.66. The fraction of sp³-hybridized carbons (Fsp3) is 0. The third-order valence-electron chi connectivity index (χ3n) is 0.419. The SMILES string of the molecule is O=P(O)(O)OP(=O)(O)OP(=O)(O)O.OP(O)O. The van der Waals surface area contributed by atoms with Crippen LogP contribution >= 0.6 is 32.1 Å². The summed E-state index contributed by atoms with van der Waals surface area (Å²) in [5.41, 5.74) is 0. The number of hydrogen-bond acceptors (Lipinski definition) is 8. The summed E-state index contributed by atoms with van der Waals surface area (Å²) in [6, 6.07) is 0. The zero-order valence-corrected chi connectivity index (χ0v) is 11.0. The van der Waals surface area contributed by atoms with E-state index in [0.717, 1.165) is 0 Å². The zero-order valence-electron chi connectivity index (χ0n) is 7.41. The van der Waals surface area contributed by atoms with Gasteiger partial charge in [-0.15, -0.1) is 0 Å². The van der Waals surface area contributed by atoms with Gasteiger partial charge in [0, 0.05) is 0 Å². The maximum atomic E-state index is 10.4. The average Bonchev–Trinajstić information content (AvgIpc) is 1.68. The van der Waals surface area contributed by atoms with E-state index in [1.54, 1.807) is 0 Å². The Balaban J connectivity index is 0. The molecular formula is H8O13P4. The largest absolute Gasteiger partial charge is 0.490 e. The van der Waals surface area contributed by atoms with Gasteiger partial charge in [-0.1, -0.05) is 0 Å². The molecule has 0 aliphatic rings. The summed E-state index contributed by atoms with van der Waals surface area (Å²) in [7, 11) is -18.8. The van der Waals surface area contributed by atoms with Gasteiger partial charge in [-0.2, -0.15) is 8.62 Å². The van der Waals surface area contributed by atoms with Crippen molar-refractivity contribution in [3.8, 4) is 0 Å². The van der Waals surface area contributed by atoms with Gasteiger partial charge in [-0.25, -0.2) is 13.7 Å². The Hall–Kier alpha value is 0.720. The predicted molar refractivity (Wildman–Crippen MR) is 49.7 cm³/mol. The van der Waals surface area contributed by atoms with Crippen molar-refractivity contribution in [1.29, 1.82) is 0 Å². The average molecular weight is 340 g/mol. The van der Waals surface area contributed by atoms with Crippen molar-refractivity contribution in [2.24, 2.45) is 0 Å². The van der Waals surface area contributed by atoms with Gasteiger partial charge in [-0.05, 0) is 0 Å². The third-order valence-corrected chi connectivity index (χ3v) is 3.77. The lowest BCUT2D eigenvalue weighted by molar-refractivity contribution is 0.204. The van der Waals surface area contributed by atoms with E-state index in [1.807, 2.05) is 0 Å². The monoisotopic (exact) mass is 340 g/mol. The first-order valence-corrected chi connectivity index (χ1v) is 8.63. The zero-order chi connectivity index (χ0) is 14.5. The molecule has 8 N–H and O–H groups in total.